The zero-order valence-electron chi connectivity index (χ0n) is 14.5. The number of rotatable bonds is 4. The molecule has 4 heteroatoms. The highest BCUT2D eigenvalue weighted by Crippen LogP contribution is 2.33. The molecule has 4 rings (SSSR count). The molecule has 0 spiro atoms. The van der Waals surface area contributed by atoms with E-state index in [0.29, 0.717) is 0 Å². The molecule has 2 heterocycles. The molecule has 1 aliphatic rings. The van der Waals surface area contributed by atoms with Gasteiger partial charge in [-0.15, -0.1) is 0 Å². The lowest BCUT2D eigenvalue weighted by Gasteiger charge is -2.25. The van der Waals surface area contributed by atoms with Crippen LogP contribution in [0.5, 0.6) is 0 Å². The number of benzene rings is 2. The lowest BCUT2D eigenvalue weighted by molar-refractivity contribution is 0.0735. The van der Waals surface area contributed by atoms with E-state index in [1.54, 1.807) is 0 Å². The number of hydrogen-bond donors (Lipinski definition) is 1. The molecule has 0 unspecified atom stereocenters. The molecule has 0 saturated carbocycles. The van der Waals surface area contributed by atoms with Gasteiger partial charge in [-0.3, -0.25) is 4.79 Å². The fraction of sp³-hybridized carbons (Fsp3) is 0.182. The molecule has 0 radical (unpaired) electrons. The van der Waals surface area contributed by atoms with Gasteiger partial charge < -0.3 is 10.2 Å². The molecule has 0 bridgehead atoms. The number of carbonyl (C=O) groups is 1. The van der Waals surface area contributed by atoms with Crippen LogP contribution < -0.4 is 5.32 Å². The third-order valence-electron chi connectivity index (χ3n) is 4.75. The van der Waals surface area contributed by atoms with Crippen LogP contribution in [0.25, 0.3) is 0 Å². The van der Waals surface area contributed by atoms with Crippen LogP contribution in [0, 0.1) is 0 Å². The second-order valence-electron chi connectivity index (χ2n) is 6.49. The number of likely N-dealkylation sites (tertiary alicyclic amines) is 1. The maximum atomic E-state index is 12.8. The van der Waals surface area contributed by atoms with Crippen molar-refractivity contribution in [1.29, 1.82) is 0 Å². The SMILES string of the molecule is O=C(c1ccccc1)N1CCC[C@@H]1c1ccc(Nc2ccccc2)nc1. The number of nitrogens with one attached hydrogen (secondary N) is 1. The molecule has 1 aromatic heterocycles. The number of carbonyl (C=O) groups excluding carboxylic acids is 1. The highest BCUT2D eigenvalue weighted by atomic mass is 16.2. The Morgan fingerprint density at radius 2 is 1.69 bits per heavy atom. The highest BCUT2D eigenvalue weighted by molar-refractivity contribution is 5.94. The maximum absolute atomic E-state index is 12.8. The summed E-state index contributed by atoms with van der Waals surface area (Å²) in [6.45, 7) is 0.794. The number of aromatic nitrogens is 1. The molecule has 1 saturated heterocycles. The van der Waals surface area contributed by atoms with E-state index in [4.69, 9.17) is 0 Å². The average Bonchev–Trinajstić information content (AvgIpc) is 3.19. The van der Waals surface area contributed by atoms with E-state index in [0.717, 1.165) is 42.0 Å². The summed E-state index contributed by atoms with van der Waals surface area (Å²) in [5.41, 5.74) is 2.84. The molecule has 1 amide bonds. The Kier molecular flexibility index (Phi) is 4.65. The first kappa shape index (κ1) is 16.3. The number of pyridine rings is 1. The van der Waals surface area contributed by atoms with Gasteiger partial charge in [-0.25, -0.2) is 4.98 Å². The Hall–Kier alpha value is -3.14. The summed E-state index contributed by atoms with van der Waals surface area (Å²) >= 11 is 0. The Balaban J connectivity index is 1.50. The average molecular weight is 343 g/mol. The van der Waals surface area contributed by atoms with Crippen LogP contribution >= 0.6 is 0 Å². The second-order valence-corrected chi connectivity index (χ2v) is 6.49. The first-order valence-corrected chi connectivity index (χ1v) is 8.95. The van der Waals surface area contributed by atoms with E-state index in [-0.39, 0.29) is 11.9 Å². The van der Waals surface area contributed by atoms with Gasteiger partial charge in [-0.2, -0.15) is 0 Å². The summed E-state index contributed by atoms with van der Waals surface area (Å²) < 4.78 is 0. The van der Waals surface area contributed by atoms with Crippen molar-refractivity contribution in [2.45, 2.75) is 18.9 Å². The van der Waals surface area contributed by atoms with Crippen LogP contribution in [0.2, 0.25) is 0 Å². The van der Waals surface area contributed by atoms with Gasteiger partial charge in [0.25, 0.3) is 5.91 Å². The Bertz CT molecular complexity index is 863. The van der Waals surface area contributed by atoms with Gasteiger partial charge in [0.15, 0.2) is 0 Å². The molecule has 2 aromatic carbocycles. The summed E-state index contributed by atoms with van der Waals surface area (Å²) in [6.07, 6.45) is 3.88. The zero-order chi connectivity index (χ0) is 17.8. The van der Waals surface area contributed by atoms with Crippen molar-refractivity contribution < 1.29 is 4.79 Å². The predicted octanol–water partition coefficient (Wildman–Crippen LogP) is 4.80. The number of amides is 1. The Morgan fingerprint density at radius 1 is 0.962 bits per heavy atom. The van der Waals surface area contributed by atoms with Crippen molar-refractivity contribution in [2.75, 3.05) is 11.9 Å². The molecule has 26 heavy (non-hydrogen) atoms. The minimum absolute atomic E-state index is 0.0968. The first-order chi connectivity index (χ1) is 12.8. The molecule has 3 aromatic rings. The first-order valence-electron chi connectivity index (χ1n) is 8.95. The molecule has 4 nitrogen and oxygen atoms in total. The molecule has 0 aliphatic carbocycles. The minimum Gasteiger partial charge on any atom is -0.340 e. The Labute approximate surface area is 153 Å². The fourth-order valence-corrected chi connectivity index (χ4v) is 3.45. The van der Waals surface area contributed by atoms with Gasteiger partial charge in [0, 0.05) is 24.0 Å². The largest absolute Gasteiger partial charge is 0.340 e. The fourth-order valence-electron chi connectivity index (χ4n) is 3.45. The molecule has 130 valence electrons. The van der Waals surface area contributed by atoms with Gasteiger partial charge in [-0.05, 0) is 48.7 Å². The van der Waals surface area contributed by atoms with Crippen LogP contribution in [0.1, 0.15) is 34.8 Å². The van der Waals surface area contributed by atoms with E-state index >= 15 is 0 Å². The van der Waals surface area contributed by atoms with E-state index < -0.39 is 0 Å². The third-order valence-corrected chi connectivity index (χ3v) is 4.75. The minimum atomic E-state index is 0.0968. The van der Waals surface area contributed by atoms with E-state index in [2.05, 4.69) is 16.4 Å². The topological polar surface area (TPSA) is 45.2 Å². The smallest absolute Gasteiger partial charge is 0.254 e. The van der Waals surface area contributed by atoms with E-state index in [9.17, 15) is 4.79 Å². The van der Waals surface area contributed by atoms with Gasteiger partial charge in [0.1, 0.15) is 5.82 Å². The number of hydrogen-bond acceptors (Lipinski definition) is 3. The van der Waals surface area contributed by atoms with Gasteiger partial charge in [-0.1, -0.05) is 42.5 Å². The van der Waals surface area contributed by atoms with Crippen molar-refractivity contribution in [3.63, 3.8) is 0 Å². The Morgan fingerprint density at radius 3 is 2.38 bits per heavy atom. The molecule has 1 N–H and O–H groups in total. The van der Waals surface area contributed by atoms with Crippen LogP contribution in [0.15, 0.2) is 79.0 Å². The summed E-state index contributed by atoms with van der Waals surface area (Å²) in [5, 5.41) is 3.29. The number of para-hydroxylation sites is 1. The van der Waals surface area contributed by atoms with Crippen molar-refractivity contribution >= 4 is 17.4 Å². The summed E-state index contributed by atoms with van der Waals surface area (Å²) in [6, 6.07) is 23.6. The summed E-state index contributed by atoms with van der Waals surface area (Å²) in [5.74, 6) is 0.901. The molecule has 1 atom stereocenters. The molecule has 1 fully saturated rings. The summed E-state index contributed by atoms with van der Waals surface area (Å²) in [4.78, 5) is 19.3. The standard InChI is InChI=1S/C22H21N3O/c26-22(17-8-3-1-4-9-17)25-15-7-12-20(25)18-13-14-21(23-16-18)24-19-10-5-2-6-11-19/h1-6,8-11,13-14,16,20H,7,12,15H2,(H,23,24)/t20-/m1/s1. The van der Waals surface area contributed by atoms with Crippen LogP contribution in [-0.2, 0) is 0 Å². The lowest BCUT2D eigenvalue weighted by atomic mass is 10.1. The van der Waals surface area contributed by atoms with E-state index in [1.807, 2.05) is 77.8 Å². The van der Waals surface area contributed by atoms with Crippen LogP contribution in [0.3, 0.4) is 0 Å². The van der Waals surface area contributed by atoms with Crippen molar-refractivity contribution in [3.05, 3.63) is 90.1 Å². The van der Waals surface area contributed by atoms with Crippen LogP contribution in [-0.4, -0.2) is 22.3 Å². The van der Waals surface area contributed by atoms with Gasteiger partial charge in [0.05, 0.1) is 6.04 Å². The summed E-state index contributed by atoms with van der Waals surface area (Å²) in [7, 11) is 0. The monoisotopic (exact) mass is 343 g/mol. The quantitative estimate of drug-likeness (QED) is 0.740. The van der Waals surface area contributed by atoms with Gasteiger partial charge in [0.2, 0.25) is 0 Å². The van der Waals surface area contributed by atoms with E-state index in [1.165, 1.54) is 0 Å². The zero-order valence-corrected chi connectivity index (χ0v) is 14.5. The molecular weight excluding hydrogens is 322 g/mol. The van der Waals surface area contributed by atoms with Crippen molar-refractivity contribution in [2.24, 2.45) is 0 Å². The van der Waals surface area contributed by atoms with Crippen molar-refractivity contribution in [3.8, 4) is 0 Å². The van der Waals surface area contributed by atoms with Crippen LogP contribution in [0.4, 0.5) is 11.5 Å². The predicted molar refractivity (Wildman–Crippen MR) is 103 cm³/mol. The second kappa shape index (κ2) is 7.40. The molecular formula is C22H21N3O. The normalized spacial score (nSPS) is 16.5. The van der Waals surface area contributed by atoms with Gasteiger partial charge >= 0.3 is 0 Å². The van der Waals surface area contributed by atoms with Crippen molar-refractivity contribution in [1.82, 2.24) is 9.88 Å². The highest BCUT2D eigenvalue weighted by Gasteiger charge is 2.30. The third kappa shape index (κ3) is 3.45. The lowest BCUT2D eigenvalue weighted by Crippen LogP contribution is -2.30. The maximum Gasteiger partial charge on any atom is 0.254 e. The number of nitrogens with zero attached hydrogens (tertiary/aromatic N) is 2. The number of anilines is 2. The molecule has 1 aliphatic heterocycles.